The lowest BCUT2D eigenvalue weighted by molar-refractivity contribution is -0.141. The van der Waals surface area contributed by atoms with Gasteiger partial charge < -0.3 is 10.4 Å². The molecule has 0 aliphatic heterocycles. The number of carbonyl (C=O) groups is 2. The van der Waals surface area contributed by atoms with Crippen molar-refractivity contribution in [2.45, 2.75) is 26.2 Å². The largest absolute Gasteiger partial charge is 0.481 e. The zero-order valence-corrected chi connectivity index (χ0v) is 13.4. The highest BCUT2D eigenvalue weighted by atomic mass is 16.4. The molecule has 1 amide bonds. The summed E-state index contributed by atoms with van der Waals surface area (Å²) in [7, 11) is 0. The van der Waals surface area contributed by atoms with Crippen molar-refractivity contribution < 1.29 is 14.7 Å². The average Bonchev–Trinajstić information content (AvgIpc) is 3.06. The van der Waals surface area contributed by atoms with E-state index in [1.807, 2.05) is 37.3 Å². The molecule has 0 spiro atoms. The second-order valence-electron chi connectivity index (χ2n) is 6.13. The number of hydrogen-bond acceptors (Lipinski definition) is 4. The lowest BCUT2D eigenvalue weighted by atomic mass is 10.0. The zero-order chi connectivity index (χ0) is 17.1. The second kappa shape index (κ2) is 6.78. The van der Waals surface area contributed by atoms with Gasteiger partial charge in [0, 0.05) is 29.1 Å². The van der Waals surface area contributed by atoms with E-state index in [9.17, 15) is 9.59 Å². The van der Waals surface area contributed by atoms with Gasteiger partial charge in [-0.2, -0.15) is 0 Å². The maximum Gasteiger partial charge on any atom is 0.306 e. The Morgan fingerprint density at radius 1 is 1.12 bits per heavy atom. The molecule has 1 aliphatic rings. The molecule has 0 saturated heterocycles. The number of carboxylic acids is 1. The first-order valence-corrected chi connectivity index (χ1v) is 7.96. The van der Waals surface area contributed by atoms with Crippen molar-refractivity contribution in [3.8, 4) is 11.4 Å². The van der Waals surface area contributed by atoms with Gasteiger partial charge in [-0.15, -0.1) is 0 Å². The molecule has 1 aromatic heterocycles. The quantitative estimate of drug-likeness (QED) is 0.901. The minimum absolute atomic E-state index is 0.113. The molecule has 2 N–H and O–H groups in total. The smallest absolute Gasteiger partial charge is 0.306 e. The molecule has 6 nitrogen and oxygen atoms in total. The van der Waals surface area contributed by atoms with Gasteiger partial charge >= 0.3 is 5.97 Å². The van der Waals surface area contributed by atoms with E-state index in [0.717, 1.165) is 11.3 Å². The van der Waals surface area contributed by atoms with E-state index in [-0.39, 0.29) is 11.8 Å². The predicted octanol–water partition coefficient (Wildman–Crippen LogP) is 2.89. The van der Waals surface area contributed by atoms with Crippen LogP contribution in [0.15, 0.2) is 36.5 Å². The molecule has 1 aliphatic carbocycles. The first-order valence-electron chi connectivity index (χ1n) is 7.96. The number of carboxylic acid groups (broad SMARTS) is 1. The van der Waals surface area contributed by atoms with Crippen LogP contribution in [0.3, 0.4) is 0 Å². The van der Waals surface area contributed by atoms with Crippen molar-refractivity contribution in [2.75, 3.05) is 5.32 Å². The normalized spacial score (nSPS) is 19.9. The highest BCUT2D eigenvalue weighted by Crippen LogP contribution is 2.32. The van der Waals surface area contributed by atoms with Crippen molar-refractivity contribution >= 4 is 17.6 Å². The van der Waals surface area contributed by atoms with Crippen LogP contribution in [0.5, 0.6) is 0 Å². The van der Waals surface area contributed by atoms with Crippen molar-refractivity contribution in [3.05, 3.63) is 42.2 Å². The standard InChI is InChI=1S/C18H19N3O3/c1-11-8-9-19-16(20-11)12-4-6-15(7-5-12)21-17(22)13-2-3-14(10-13)18(23)24/h4-9,13-14H,2-3,10H2,1H3,(H,21,22)(H,23,24)/t13-,14+/m1/s1. The minimum Gasteiger partial charge on any atom is -0.481 e. The first kappa shape index (κ1) is 16.1. The van der Waals surface area contributed by atoms with Crippen LogP contribution in [-0.4, -0.2) is 27.0 Å². The number of aryl methyl sites for hydroxylation is 1. The van der Waals surface area contributed by atoms with Crippen molar-refractivity contribution in [2.24, 2.45) is 11.8 Å². The van der Waals surface area contributed by atoms with Crippen LogP contribution in [-0.2, 0) is 9.59 Å². The van der Waals surface area contributed by atoms with Gasteiger partial charge in [0.15, 0.2) is 5.82 Å². The molecular formula is C18H19N3O3. The molecular weight excluding hydrogens is 306 g/mol. The Morgan fingerprint density at radius 3 is 2.46 bits per heavy atom. The van der Waals surface area contributed by atoms with Crippen LogP contribution in [0.2, 0.25) is 0 Å². The SMILES string of the molecule is Cc1ccnc(-c2ccc(NC(=O)[C@@H]3CC[C@H](C(=O)O)C3)cc2)n1. The van der Waals surface area contributed by atoms with E-state index < -0.39 is 11.9 Å². The van der Waals surface area contributed by atoms with Crippen molar-refractivity contribution in [3.63, 3.8) is 0 Å². The summed E-state index contributed by atoms with van der Waals surface area (Å²) in [6, 6.07) is 9.17. The molecule has 0 radical (unpaired) electrons. The lowest BCUT2D eigenvalue weighted by Crippen LogP contribution is -2.21. The summed E-state index contributed by atoms with van der Waals surface area (Å²) in [6.07, 6.45) is 3.32. The Morgan fingerprint density at radius 2 is 1.83 bits per heavy atom. The van der Waals surface area contributed by atoms with Crippen molar-refractivity contribution in [1.29, 1.82) is 0 Å². The third-order valence-electron chi connectivity index (χ3n) is 4.36. The average molecular weight is 325 g/mol. The summed E-state index contributed by atoms with van der Waals surface area (Å²) < 4.78 is 0. The number of carbonyl (C=O) groups excluding carboxylic acids is 1. The fourth-order valence-corrected chi connectivity index (χ4v) is 2.98. The number of aliphatic carboxylic acids is 1. The molecule has 6 heteroatoms. The van der Waals surface area contributed by atoms with Gasteiger partial charge in [-0.1, -0.05) is 0 Å². The zero-order valence-electron chi connectivity index (χ0n) is 13.4. The van der Waals surface area contributed by atoms with Crippen molar-refractivity contribution in [1.82, 2.24) is 9.97 Å². The number of aromatic nitrogens is 2. The van der Waals surface area contributed by atoms with Crippen LogP contribution in [0.4, 0.5) is 5.69 Å². The monoisotopic (exact) mass is 325 g/mol. The number of rotatable bonds is 4. The van der Waals surface area contributed by atoms with Crippen LogP contribution in [0.1, 0.15) is 25.0 Å². The Bertz CT molecular complexity index is 758. The molecule has 3 rings (SSSR count). The first-order chi connectivity index (χ1) is 11.5. The highest BCUT2D eigenvalue weighted by molar-refractivity contribution is 5.93. The van der Waals surface area contributed by atoms with E-state index in [0.29, 0.717) is 30.8 Å². The maximum atomic E-state index is 12.3. The van der Waals surface area contributed by atoms with E-state index in [1.165, 1.54) is 0 Å². The molecule has 2 atom stereocenters. The third kappa shape index (κ3) is 3.59. The molecule has 1 aromatic carbocycles. The summed E-state index contributed by atoms with van der Waals surface area (Å²) in [4.78, 5) is 31.8. The Balaban J connectivity index is 1.64. The molecule has 2 aromatic rings. The number of nitrogens with one attached hydrogen (secondary N) is 1. The fraction of sp³-hybridized carbons (Fsp3) is 0.333. The van der Waals surface area contributed by atoms with Gasteiger partial charge in [-0.3, -0.25) is 9.59 Å². The van der Waals surface area contributed by atoms with Gasteiger partial charge in [-0.25, -0.2) is 9.97 Å². The summed E-state index contributed by atoms with van der Waals surface area (Å²) in [5, 5.41) is 11.9. The van der Waals surface area contributed by atoms with E-state index in [1.54, 1.807) is 6.20 Å². The summed E-state index contributed by atoms with van der Waals surface area (Å²) in [5.41, 5.74) is 2.46. The molecule has 1 saturated carbocycles. The van der Waals surface area contributed by atoms with Crippen LogP contribution < -0.4 is 5.32 Å². The van der Waals surface area contributed by atoms with Gasteiger partial charge in [-0.05, 0) is 56.5 Å². The predicted molar refractivity (Wildman–Crippen MR) is 89.3 cm³/mol. The Labute approximate surface area is 140 Å². The van der Waals surface area contributed by atoms with E-state index >= 15 is 0 Å². The Hall–Kier alpha value is -2.76. The Kier molecular flexibility index (Phi) is 4.55. The van der Waals surface area contributed by atoms with Gasteiger partial charge in [0.25, 0.3) is 0 Å². The van der Waals surface area contributed by atoms with Crippen LogP contribution >= 0.6 is 0 Å². The molecule has 124 valence electrons. The van der Waals surface area contributed by atoms with Gasteiger partial charge in [0.05, 0.1) is 5.92 Å². The van der Waals surface area contributed by atoms with Crippen LogP contribution in [0.25, 0.3) is 11.4 Å². The molecule has 1 heterocycles. The molecule has 0 bridgehead atoms. The number of hydrogen-bond donors (Lipinski definition) is 2. The minimum atomic E-state index is -0.812. The summed E-state index contributed by atoms with van der Waals surface area (Å²) in [6.45, 7) is 1.91. The number of benzene rings is 1. The lowest BCUT2D eigenvalue weighted by Gasteiger charge is -2.11. The fourth-order valence-electron chi connectivity index (χ4n) is 2.98. The number of nitrogens with zero attached hydrogens (tertiary/aromatic N) is 2. The van der Waals surface area contributed by atoms with E-state index in [2.05, 4.69) is 15.3 Å². The molecule has 1 fully saturated rings. The highest BCUT2D eigenvalue weighted by Gasteiger charge is 2.33. The molecule has 0 unspecified atom stereocenters. The second-order valence-corrected chi connectivity index (χ2v) is 6.13. The molecule has 24 heavy (non-hydrogen) atoms. The third-order valence-corrected chi connectivity index (χ3v) is 4.36. The summed E-state index contributed by atoms with van der Waals surface area (Å²) >= 11 is 0. The topological polar surface area (TPSA) is 92.2 Å². The van der Waals surface area contributed by atoms with Gasteiger partial charge in [0.1, 0.15) is 0 Å². The summed E-state index contributed by atoms with van der Waals surface area (Å²) in [5.74, 6) is -0.911. The maximum absolute atomic E-state index is 12.3. The van der Waals surface area contributed by atoms with Crippen LogP contribution in [0, 0.1) is 18.8 Å². The number of anilines is 1. The van der Waals surface area contributed by atoms with Gasteiger partial charge in [0.2, 0.25) is 5.91 Å². The number of amides is 1. The van der Waals surface area contributed by atoms with E-state index in [4.69, 9.17) is 5.11 Å².